The highest BCUT2D eigenvalue weighted by molar-refractivity contribution is 5.92. The topological polar surface area (TPSA) is 105 Å². The third-order valence-corrected chi connectivity index (χ3v) is 5.16. The molecular formula is C22H25N7O2. The number of aromatic nitrogens is 4. The molecule has 0 saturated carbocycles. The molecule has 0 bridgehead atoms. The van der Waals surface area contributed by atoms with Gasteiger partial charge in [0.05, 0.1) is 37.4 Å². The molecule has 0 radical (unpaired) electrons. The van der Waals surface area contributed by atoms with Gasteiger partial charge in [0.15, 0.2) is 0 Å². The smallest absolute Gasteiger partial charge is 0.238 e. The van der Waals surface area contributed by atoms with Crippen LogP contribution in [0.5, 0.6) is 5.75 Å². The van der Waals surface area contributed by atoms with Crippen molar-refractivity contribution in [2.45, 2.75) is 18.8 Å². The third-order valence-electron chi connectivity index (χ3n) is 5.16. The number of nitrogens with zero attached hydrogens (tertiary/aromatic N) is 5. The normalized spacial score (nSPS) is 16.5. The zero-order valence-corrected chi connectivity index (χ0v) is 17.4. The molecule has 1 atom stereocenters. The predicted molar refractivity (Wildman–Crippen MR) is 117 cm³/mol. The highest BCUT2D eigenvalue weighted by atomic mass is 16.5. The molecule has 2 N–H and O–H groups in total. The van der Waals surface area contributed by atoms with Gasteiger partial charge in [-0.3, -0.25) is 9.69 Å². The Hall–Kier alpha value is -3.59. The molecule has 0 spiro atoms. The van der Waals surface area contributed by atoms with E-state index in [1.54, 1.807) is 25.7 Å². The Morgan fingerprint density at radius 3 is 2.74 bits per heavy atom. The lowest BCUT2D eigenvalue weighted by molar-refractivity contribution is -0.117. The lowest BCUT2D eigenvalue weighted by Gasteiger charge is -2.32. The van der Waals surface area contributed by atoms with Gasteiger partial charge in [-0.2, -0.15) is 0 Å². The van der Waals surface area contributed by atoms with Crippen LogP contribution < -0.4 is 15.4 Å². The van der Waals surface area contributed by atoms with Gasteiger partial charge < -0.3 is 15.4 Å². The molecule has 1 saturated heterocycles. The standard InChI is InChI=1S/C22H25N7O2/c1-31-19-6-4-17(5-7-19)26-21(30)14-29-10-2-3-16(13-29)20-8-9-25-22(28-20)27-18-11-23-15-24-12-18/h4-9,11-12,15-16H,2-3,10,13-14H2,1H3,(H,26,30)(H,25,27,28)/t16-/m1/s1. The first-order chi connectivity index (χ1) is 15.2. The van der Waals surface area contributed by atoms with Gasteiger partial charge in [-0.25, -0.2) is 19.9 Å². The van der Waals surface area contributed by atoms with Crippen LogP contribution in [0, 0.1) is 0 Å². The summed E-state index contributed by atoms with van der Waals surface area (Å²) in [5, 5.41) is 6.08. The van der Waals surface area contributed by atoms with Crippen molar-refractivity contribution in [1.82, 2.24) is 24.8 Å². The maximum Gasteiger partial charge on any atom is 0.238 e. The molecule has 1 aromatic carbocycles. The van der Waals surface area contributed by atoms with Crippen LogP contribution in [-0.4, -0.2) is 57.5 Å². The fourth-order valence-electron chi connectivity index (χ4n) is 3.67. The van der Waals surface area contributed by atoms with Crippen LogP contribution in [0.1, 0.15) is 24.5 Å². The van der Waals surface area contributed by atoms with E-state index in [2.05, 4.69) is 35.5 Å². The molecule has 1 aliphatic rings. The summed E-state index contributed by atoms with van der Waals surface area (Å²) in [7, 11) is 1.62. The van der Waals surface area contributed by atoms with Gasteiger partial charge in [-0.1, -0.05) is 0 Å². The number of piperidine rings is 1. The van der Waals surface area contributed by atoms with E-state index in [9.17, 15) is 4.79 Å². The molecule has 2 aromatic heterocycles. The van der Waals surface area contributed by atoms with Gasteiger partial charge in [0.2, 0.25) is 11.9 Å². The molecule has 0 unspecified atom stereocenters. The van der Waals surface area contributed by atoms with Crippen molar-refractivity contribution in [3.8, 4) is 5.75 Å². The first kappa shape index (κ1) is 20.7. The third kappa shape index (κ3) is 5.73. The second-order valence-corrected chi connectivity index (χ2v) is 7.41. The van der Waals surface area contributed by atoms with Crippen LogP contribution in [0.4, 0.5) is 17.3 Å². The van der Waals surface area contributed by atoms with Gasteiger partial charge in [0, 0.05) is 24.3 Å². The molecule has 1 fully saturated rings. The highest BCUT2D eigenvalue weighted by Gasteiger charge is 2.24. The summed E-state index contributed by atoms with van der Waals surface area (Å²) in [4.78, 5) is 31.6. The van der Waals surface area contributed by atoms with Crippen molar-refractivity contribution >= 4 is 23.2 Å². The number of hydrogen-bond donors (Lipinski definition) is 2. The van der Waals surface area contributed by atoms with Crippen LogP contribution in [-0.2, 0) is 4.79 Å². The minimum atomic E-state index is -0.0278. The minimum absolute atomic E-state index is 0.0278. The van der Waals surface area contributed by atoms with Crippen LogP contribution in [0.15, 0.2) is 55.2 Å². The van der Waals surface area contributed by atoms with Gasteiger partial charge >= 0.3 is 0 Å². The molecule has 3 aromatic rings. The average Bonchev–Trinajstić information content (AvgIpc) is 2.80. The number of nitrogens with one attached hydrogen (secondary N) is 2. The maximum atomic E-state index is 12.5. The van der Waals surface area contributed by atoms with E-state index in [-0.39, 0.29) is 11.8 Å². The SMILES string of the molecule is COc1ccc(NC(=O)CN2CCC[C@@H](c3ccnc(Nc4cncnc4)n3)C2)cc1. The fourth-order valence-corrected chi connectivity index (χ4v) is 3.67. The average molecular weight is 419 g/mol. The van der Waals surface area contributed by atoms with Gasteiger partial charge in [0.1, 0.15) is 12.1 Å². The molecule has 31 heavy (non-hydrogen) atoms. The summed E-state index contributed by atoms with van der Waals surface area (Å²) in [6.45, 7) is 2.02. The largest absolute Gasteiger partial charge is 0.497 e. The fraction of sp³-hybridized carbons (Fsp3) is 0.318. The zero-order valence-electron chi connectivity index (χ0n) is 17.4. The predicted octanol–water partition coefficient (Wildman–Crippen LogP) is 2.84. The Morgan fingerprint density at radius 1 is 1.16 bits per heavy atom. The molecule has 9 heteroatoms. The van der Waals surface area contributed by atoms with E-state index in [0.717, 1.165) is 48.7 Å². The second kappa shape index (κ2) is 9.94. The summed E-state index contributed by atoms with van der Waals surface area (Å²) < 4.78 is 5.15. The molecule has 0 aliphatic carbocycles. The Labute approximate surface area is 180 Å². The van der Waals surface area contributed by atoms with Crippen molar-refractivity contribution in [2.75, 3.05) is 37.4 Å². The first-order valence-corrected chi connectivity index (χ1v) is 10.2. The van der Waals surface area contributed by atoms with Crippen LogP contribution in [0.2, 0.25) is 0 Å². The van der Waals surface area contributed by atoms with Crippen molar-refractivity contribution in [2.24, 2.45) is 0 Å². The van der Waals surface area contributed by atoms with Crippen LogP contribution in [0.25, 0.3) is 0 Å². The minimum Gasteiger partial charge on any atom is -0.497 e. The number of likely N-dealkylation sites (tertiary alicyclic amines) is 1. The number of amides is 1. The first-order valence-electron chi connectivity index (χ1n) is 10.2. The molecular weight excluding hydrogens is 394 g/mol. The summed E-state index contributed by atoms with van der Waals surface area (Å²) in [5.41, 5.74) is 2.46. The molecule has 9 nitrogen and oxygen atoms in total. The number of hydrogen-bond acceptors (Lipinski definition) is 8. The molecule has 1 aliphatic heterocycles. The summed E-state index contributed by atoms with van der Waals surface area (Å²) in [6.07, 6.45) is 8.62. The van der Waals surface area contributed by atoms with Gasteiger partial charge in [0.25, 0.3) is 0 Å². The Morgan fingerprint density at radius 2 is 1.97 bits per heavy atom. The Balaban J connectivity index is 1.34. The summed E-state index contributed by atoms with van der Waals surface area (Å²) >= 11 is 0. The lowest BCUT2D eigenvalue weighted by atomic mass is 9.94. The number of carbonyl (C=O) groups excluding carboxylic acids is 1. The zero-order chi connectivity index (χ0) is 21.5. The Bertz CT molecular complexity index is 998. The number of benzene rings is 1. The lowest BCUT2D eigenvalue weighted by Crippen LogP contribution is -2.40. The van der Waals surface area contributed by atoms with Crippen LogP contribution >= 0.6 is 0 Å². The van der Waals surface area contributed by atoms with Gasteiger partial charge in [-0.15, -0.1) is 0 Å². The molecule has 1 amide bonds. The van der Waals surface area contributed by atoms with E-state index in [1.807, 2.05) is 30.3 Å². The van der Waals surface area contributed by atoms with E-state index in [0.29, 0.717) is 12.5 Å². The monoisotopic (exact) mass is 419 g/mol. The van der Waals surface area contributed by atoms with Crippen molar-refractivity contribution in [3.63, 3.8) is 0 Å². The maximum absolute atomic E-state index is 12.5. The van der Waals surface area contributed by atoms with Crippen molar-refractivity contribution < 1.29 is 9.53 Å². The van der Waals surface area contributed by atoms with E-state index in [1.165, 1.54) is 6.33 Å². The van der Waals surface area contributed by atoms with E-state index >= 15 is 0 Å². The molecule has 3 heterocycles. The van der Waals surface area contributed by atoms with Crippen molar-refractivity contribution in [3.05, 3.63) is 60.9 Å². The number of anilines is 3. The molecule has 160 valence electrons. The molecule has 4 rings (SSSR count). The quantitative estimate of drug-likeness (QED) is 0.602. The van der Waals surface area contributed by atoms with E-state index < -0.39 is 0 Å². The number of methoxy groups -OCH3 is 1. The van der Waals surface area contributed by atoms with Crippen LogP contribution in [0.3, 0.4) is 0 Å². The second-order valence-electron chi connectivity index (χ2n) is 7.41. The summed E-state index contributed by atoms with van der Waals surface area (Å²) in [5.74, 6) is 1.50. The summed E-state index contributed by atoms with van der Waals surface area (Å²) in [6, 6.07) is 9.27. The number of carbonyl (C=O) groups is 1. The highest BCUT2D eigenvalue weighted by Crippen LogP contribution is 2.26. The van der Waals surface area contributed by atoms with Gasteiger partial charge in [-0.05, 0) is 49.7 Å². The Kier molecular flexibility index (Phi) is 6.63. The van der Waals surface area contributed by atoms with E-state index in [4.69, 9.17) is 4.74 Å². The number of rotatable bonds is 7. The number of ether oxygens (including phenoxy) is 1. The van der Waals surface area contributed by atoms with Crippen molar-refractivity contribution in [1.29, 1.82) is 0 Å².